The molecule has 0 spiro atoms. The van der Waals surface area contributed by atoms with Crippen molar-refractivity contribution >= 4 is 16.3 Å². The highest BCUT2D eigenvalue weighted by molar-refractivity contribution is 5.94. The van der Waals surface area contributed by atoms with Gasteiger partial charge in [-0.05, 0) is 58.1 Å². The monoisotopic (exact) mass is 327 g/mol. The maximum absolute atomic E-state index is 12.3. The Morgan fingerprint density at radius 1 is 1.17 bits per heavy atom. The second-order valence-corrected chi connectivity index (χ2v) is 7.93. The predicted molar refractivity (Wildman–Crippen MR) is 97.0 cm³/mol. The number of fused-ring (bicyclic) bond motifs is 1. The highest BCUT2D eigenvalue weighted by atomic mass is 16.4. The lowest BCUT2D eigenvalue weighted by molar-refractivity contribution is 0.164. The molecule has 4 heteroatoms. The van der Waals surface area contributed by atoms with Gasteiger partial charge in [-0.25, -0.2) is 4.79 Å². The van der Waals surface area contributed by atoms with E-state index in [4.69, 9.17) is 4.42 Å². The van der Waals surface area contributed by atoms with Gasteiger partial charge in [0.1, 0.15) is 11.9 Å². The summed E-state index contributed by atoms with van der Waals surface area (Å²) in [5.41, 5.74) is 1.26. The van der Waals surface area contributed by atoms with E-state index < -0.39 is 11.7 Å². The summed E-state index contributed by atoms with van der Waals surface area (Å²) in [6.07, 6.45) is 2.11. The average Bonchev–Trinajstić information content (AvgIpc) is 2.43. The molecule has 4 nitrogen and oxygen atoms in total. The maximum atomic E-state index is 12.3. The second-order valence-electron chi connectivity index (χ2n) is 7.93. The average molecular weight is 327 g/mol. The van der Waals surface area contributed by atoms with E-state index in [1.165, 1.54) is 0 Å². The van der Waals surface area contributed by atoms with Gasteiger partial charge in [-0.15, -0.1) is 0 Å². The van der Waals surface area contributed by atoms with Crippen LogP contribution in [0.4, 0.5) is 0 Å². The topological polar surface area (TPSA) is 62.5 Å². The van der Waals surface area contributed by atoms with Crippen molar-refractivity contribution in [1.29, 1.82) is 0 Å². The summed E-state index contributed by atoms with van der Waals surface area (Å²) < 4.78 is 5.51. The fourth-order valence-electron chi connectivity index (χ4n) is 3.92. The van der Waals surface area contributed by atoms with E-state index in [2.05, 4.69) is 39.1 Å². The van der Waals surface area contributed by atoms with E-state index in [1.807, 2.05) is 18.2 Å². The van der Waals surface area contributed by atoms with Gasteiger partial charge in [-0.1, -0.05) is 24.3 Å². The molecular weight excluding hydrogens is 302 g/mol. The van der Waals surface area contributed by atoms with Gasteiger partial charge in [0.25, 0.3) is 0 Å². The zero-order valence-electron chi connectivity index (χ0n) is 14.9. The van der Waals surface area contributed by atoms with Crippen LogP contribution in [0.1, 0.15) is 58.5 Å². The zero-order chi connectivity index (χ0) is 17.7. The van der Waals surface area contributed by atoms with E-state index in [0.717, 1.165) is 22.9 Å². The Bertz CT molecular complexity index is 872. The van der Waals surface area contributed by atoms with Gasteiger partial charge < -0.3 is 14.8 Å². The van der Waals surface area contributed by atoms with E-state index >= 15 is 0 Å². The molecular formula is C20H25NO3. The SMILES string of the molecule is CC(O)c1oc(=O)c2ccccc2c1C1=CC(C)(C)NC(C)(C)C1. The van der Waals surface area contributed by atoms with Crippen LogP contribution in [0.15, 0.2) is 39.6 Å². The molecule has 0 fully saturated rings. The van der Waals surface area contributed by atoms with Crippen LogP contribution in [0.2, 0.25) is 0 Å². The minimum absolute atomic E-state index is 0.0964. The van der Waals surface area contributed by atoms with Crippen molar-refractivity contribution in [3.05, 3.63) is 52.1 Å². The maximum Gasteiger partial charge on any atom is 0.343 e. The lowest BCUT2D eigenvalue weighted by Crippen LogP contribution is -2.53. The minimum atomic E-state index is -0.848. The van der Waals surface area contributed by atoms with Gasteiger partial charge in [0.15, 0.2) is 0 Å². The summed E-state index contributed by atoms with van der Waals surface area (Å²) in [5, 5.41) is 15.2. The molecule has 2 N–H and O–H groups in total. The number of aliphatic hydroxyl groups is 1. The Hall–Kier alpha value is -1.91. The van der Waals surface area contributed by atoms with Crippen LogP contribution in [-0.2, 0) is 0 Å². The third-order valence-electron chi connectivity index (χ3n) is 4.39. The first-order valence-corrected chi connectivity index (χ1v) is 8.35. The van der Waals surface area contributed by atoms with Crippen LogP contribution >= 0.6 is 0 Å². The van der Waals surface area contributed by atoms with E-state index in [0.29, 0.717) is 11.1 Å². The molecule has 1 atom stereocenters. The largest absolute Gasteiger partial charge is 0.424 e. The molecule has 0 aliphatic carbocycles. The molecule has 1 aliphatic heterocycles. The standard InChI is InChI=1S/C20H25NO3/c1-12(22)17-16(13-10-19(2,3)21-20(4,5)11-13)14-8-6-7-9-15(14)18(23)24-17/h6-10,12,21-22H,11H2,1-5H3. The first kappa shape index (κ1) is 16.9. The van der Waals surface area contributed by atoms with Gasteiger partial charge in [0.2, 0.25) is 0 Å². The molecule has 0 amide bonds. The molecule has 0 saturated carbocycles. The lowest BCUT2D eigenvalue weighted by Gasteiger charge is -2.41. The first-order valence-electron chi connectivity index (χ1n) is 8.35. The molecule has 1 aliphatic rings. The Morgan fingerprint density at radius 3 is 2.38 bits per heavy atom. The third kappa shape index (κ3) is 3.04. The van der Waals surface area contributed by atoms with Gasteiger partial charge in [0.05, 0.1) is 5.39 Å². The van der Waals surface area contributed by atoms with Gasteiger partial charge in [0, 0.05) is 16.6 Å². The summed E-state index contributed by atoms with van der Waals surface area (Å²) in [7, 11) is 0. The fraction of sp³-hybridized carbons (Fsp3) is 0.450. The highest BCUT2D eigenvalue weighted by Crippen LogP contribution is 2.39. The summed E-state index contributed by atoms with van der Waals surface area (Å²) in [4.78, 5) is 12.3. The van der Waals surface area contributed by atoms with Crippen LogP contribution in [0.25, 0.3) is 16.3 Å². The van der Waals surface area contributed by atoms with Crippen LogP contribution in [-0.4, -0.2) is 16.2 Å². The second kappa shape index (κ2) is 5.57. The molecule has 1 unspecified atom stereocenters. The van der Waals surface area contributed by atoms with Crippen molar-refractivity contribution in [2.75, 3.05) is 0 Å². The zero-order valence-corrected chi connectivity index (χ0v) is 14.9. The molecule has 1 aromatic heterocycles. The van der Waals surface area contributed by atoms with Crippen molar-refractivity contribution in [3.63, 3.8) is 0 Å². The summed E-state index contributed by atoms with van der Waals surface area (Å²) in [6.45, 7) is 10.2. The first-order chi connectivity index (χ1) is 11.1. The quantitative estimate of drug-likeness (QED) is 0.881. The summed E-state index contributed by atoms with van der Waals surface area (Å²) in [6, 6.07) is 7.44. The minimum Gasteiger partial charge on any atom is -0.424 e. The molecule has 0 bridgehead atoms. The number of nitrogens with one attached hydrogen (secondary N) is 1. The smallest absolute Gasteiger partial charge is 0.343 e. The number of benzene rings is 1. The predicted octanol–water partition coefficient (Wildman–Crippen LogP) is 3.78. The van der Waals surface area contributed by atoms with Crippen LogP contribution in [0.3, 0.4) is 0 Å². The number of hydrogen-bond donors (Lipinski definition) is 2. The normalized spacial score (nSPS) is 20.7. The Labute approximate surface area is 142 Å². The van der Waals surface area contributed by atoms with Crippen molar-refractivity contribution in [1.82, 2.24) is 5.32 Å². The van der Waals surface area contributed by atoms with Crippen LogP contribution in [0, 0.1) is 0 Å². The third-order valence-corrected chi connectivity index (χ3v) is 4.39. The highest BCUT2D eigenvalue weighted by Gasteiger charge is 2.34. The molecule has 1 aromatic carbocycles. The van der Waals surface area contributed by atoms with Crippen molar-refractivity contribution < 1.29 is 9.52 Å². The van der Waals surface area contributed by atoms with Crippen molar-refractivity contribution in [2.45, 2.75) is 58.2 Å². The number of hydrogen-bond acceptors (Lipinski definition) is 4. The van der Waals surface area contributed by atoms with Crippen molar-refractivity contribution in [2.24, 2.45) is 0 Å². The van der Waals surface area contributed by atoms with Gasteiger partial charge in [-0.3, -0.25) is 0 Å². The molecule has 2 heterocycles. The Morgan fingerprint density at radius 2 is 1.79 bits per heavy atom. The van der Waals surface area contributed by atoms with Gasteiger partial charge in [-0.2, -0.15) is 0 Å². The van der Waals surface area contributed by atoms with E-state index in [9.17, 15) is 9.90 Å². The van der Waals surface area contributed by atoms with Crippen molar-refractivity contribution in [3.8, 4) is 0 Å². The van der Waals surface area contributed by atoms with Crippen LogP contribution < -0.4 is 10.9 Å². The summed E-state index contributed by atoms with van der Waals surface area (Å²) in [5.74, 6) is 0.346. The van der Waals surface area contributed by atoms with Crippen LogP contribution in [0.5, 0.6) is 0 Å². The lowest BCUT2D eigenvalue weighted by atomic mass is 9.79. The number of rotatable bonds is 2. The summed E-state index contributed by atoms with van der Waals surface area (Å²) >= 11 is 0. The molecule has 0 saturated heterocycles. The number of aliphatic hydroxyl groups excluding tert-OH is 1. The van der Waals surface area contributed by atoms with E-state index in [1.54, 1.807) is 13.0 Å². The molecule has 2 aromatic rings. The molecule has 128 valence electrons. The molecule has 3 rings (SSSR count). The Balaban J connectivity index is 2.37. The molecule has 24 heavy (non-hydrogen) atoms. The fourth-order valence-corrected chi connectivity index (χ4v) is 3.92. The van der Waals surface area contributed by atoms with Gasteiger partial charge >= 0.3 is 5.63 Å². The van der Waals surface area contributed by atoms with E-state index in [-0.39, 0.29) is 11.1 Å². The molecule has 0 radical (unpaired) electrons. The Kier molecular flexibility index (Phi) is 3.93.